The smallest absolute Gasteiger partial charge is 0.326 e. The molecule has 0 heterocycles. The summed E-state index contributed by atoms with van der Waals surface area (Å²) in [6.07, 6.45) is 0.128. The number of rotatable bonds is 7. The van der Waals surface area contributed by atoms with Gasteiger partial charge in [0, 0.05) is 0 Å². The molecule has 1 rings (SSSR count). The zero-order valence-corrected chi connectivity index (χ0v) is 13.0. The molecule has 0 aliphatic heterocycles. The Morgan fingerprint density at radius 3 is 2.43 bits per heavy atom. The molecule has 1 atom stereocenters. The highest BCUT2D eigenvalue weighted by atomic mass is 16.5. The summed E-state index contributed by atoms with van der Waals surface area (Å²) in [7, 11) is 0. The SMILES string of the molecule is Cc1ccc(OCCC(=O)NC(C(=O)O)C(C)C)cc1C. The lowest BCUT2D eigenvalue weighted by Crippen LogP contribution is -2.44. The van der Waals surface area contributed by atoms with Crippen molar-refractivity contribution >= 4 is 11.9 Å². The second kappa shape index (κ2) is 7.67. The van der Waals surface area contributed by atoms with Crippen LogP contribution < -0.4 is 10.1 Å². The van der Waals surface area contributed by atoms with Gasteiger partial charge in [-0.3, -0.25) is 4.79 Å². The van der Waals surface area contributed by atoms with Gasteiger partial charge in [-0.25, -0.2) is 4.79 Å². The third-order valence-electron chi connectivity index (χ3n) is 3.33. The molecule has 0 bridgehead atoms. The molecule has 5 heteroatoms. The van der Waals surface area contributed by atoms with Crippen LogP contribution in [0.1, 0.15) is 31.4 Å². The number of aliphatic carboxylic acids is 1. The Balaban J connectivity index is 2.42. The van der Waals surface area contributed by atoms with Crippen molar-refractivity contribution in [3.8, 4) is 5.75 Å². The van der Waals surface area contributed by atoms with Gasteiger partial charge in [0.2, 0.25) is 5.91 Å². The highest BCUT2D eigenvalue weighted by Crippen LogP contribution is 2.16. The lowest BCUT2D eigenvalue weighted by molar-refractivity contribution is -0.143. The van der Waals surface area contributed by atoms with Crippen LogP contribution in [-0.2, 0) is 9.59 Å². The van der Waals surface area contributed by atoms with Crippen LogP contribution in [0.2, 0.25) is 0 Å². The summed E-state index contributed by atoms with van der Waals surface area (Å²) in [5, 5.41) is 11.5. The van der Waals surface area contributed by atoms with Crippen LogP contribution in [0.4, 0.5) is 0 Å². The summed E-state index contributed by atoms with van der Waals surface area (Å²) in [6, 6.07) is 4.87. The molecule has 21 heavy (non-hydrogen) atoms. The average molecular weight is 293 g/mol. The van der Waals surface area contributed by atoms with Gasteiger partial charge in [0.1, 0.15) is 11.8 Å². The zero-order valence-electron chi connectivity index (χ0n) is 13.0. The molecule has 0 saturated carbocycles. The number of benzene rings is 1. The molecule has 0 radical (unpaired) electrons. The molecular formula is C16H23NO4. The number of nitrogens with one attached hydrogen (secondary N) is 1. The van der Waals surface area contributed by atoms with E-state index >= 15 is 0 Å². The Morgan fingerprint density at radius 1 is 1.24 bits per heavy atom. The number of carbonyl (C=O) groups is 2. The van der Waals surface area contributed by atoms with Crippen molar-refractivity contribution in [2.24, 2.45) is 5.92 Å². The Bertz CT molecular complexity index is 511. The van der Waals surface area contributed by atoms with E-state index < -0.39 is 12.0 Å². The number of carboxylic acid groups (broad SMARTS) is 1. The van der Waals surface area contributed by atoms with Gasteiger partial charge >= 0.3 is 5.97 Å². The van der Waals surface area contributed by atoms with E-state index in [4.69, 9.17) is 9.84 Å². The van der Waals surface area contributed by atoms with E-state index in [9.17, 15) is 9.59 Å². The van der Waals surface area contributed by atoms with Gasteiger partial charge < -0.3 is 15.2 Å². The average Bonchev–Trinajstić information content (AvgIpc) is 2.39. The van der Waals surface area contributed by atoms with Crippen LogP contribution in [0, 0.1) is 19.8 Å². The van der Waals surface area contributed by atoms with Gasteiger partial charge in [0.15, 0.2) is 0 Å². The monoisotopic (exact) mass is 293 g/mol. The summed E-state index contributed by atoms with van der Waals surface area (Å²) in [5.41, 5.74) is 2.31. The standard InChI is InChI=1S/C16H23NO4/c1-10(2)15(16(19)20)17-14(18)7-8-21-13-6-5-11(3)12(4)9-13/h5-6,9-10,15H,7-8H2,1-4H3,(H,17,18)(H,19,20). The first-order chi connectivity index (χ1) is 9.81. The first-order valence-electron chi connectivity index (χ1n) is 7.03. The molecule has 1 aromatic carbocycles. The van der Waals surface area contributed by atoms with E-state index in [0.717, 1.165) is 5.56 Å². The predicted octanol–water partition coefficient (Wildman–Crippen LogP) is 2.30. The third kappa shape index (κ3) is 5.45. The van der Waals surface area contributed by atoms with E-state index in [1.165, 1.54) is 5.56 Å². The highest BCUT2D eigenvalue weighted by Gasteiger charge is 2.23. The molecule has 5 nitrogen and oxygen atoms in total. The first-order valence-corrected chi connectivity index (χ1v) is 7.03. The number of carboxylic acids is 1. The van der Waals surface area contributed by atoms with Crippen LogP contribution in [0.3, 0.4) is 0 Å². The number of aryl methyl sites for hydroxylation is 2. The van der Waals surface area contributed by atoms with Crippen molar-refractivity contribution in [2.75, 3.05) is 6.61 Å². The summed E-state index contributed by atoms with van der Waals surface area (Å²) in [5.74, 6) is -0.787. The number of amides is 1. The fourth-order valence-corrected chi connectivity index (χ4v) is 1.82. The van der Waals surface area contributed by atoms with Crippen molar-refractivity contribution in [3.05, 3.63) is 29.3 Å². The molecule has 0 aliphatic carbocycles. The Morgan fingerprint density at radius 2 is 1.90 bits per heavy atom. The minimum absolute atomic E-state index is 0.128. The molecule has 116 valence electrons. The molecule has 1 amide bonds. The van der Waals surface area contributed by atoms with Gasteiger partial charge in [-0.15, -0.1) is 0 Å². The second-order valence-corrected chi connectivity index (χ2v) is 5.47. The van der Waals surface area contributed by atoms with Crippen molar-refractivity contribution in [1.82, 2.24) is 5.32 Å². The zero-order chi connectivity index (χ0) is 16.0. The lowest BCUT2D eigenvalue weighted by atomic mass is 10.0. The summed E-state index contributed by atoms with van der Waals surface area (Å²) >= 11 is 0. The van der Waals surface area contributed by atoms with Crippen LogP contribution >= 0.6 is 0 Å². The predicted molar refractivity (Wildman–Crippen MR) is 80.4 cm³/mol. The topological polar surface area (TPSA) is 75.6 Å². The van der Waals surface area contributed by atoms with E-state index in [1.807, 2.05) is 32.0 Å². The summed E-state index contributed by atoms with van der Waals surface area (Å²) < 4.78 is 5.51. The number of hydrogen-bond donors (Lipinski definition) is 2. The molecule has 0 aliphatic rings. The lowest BCUT2D eigenvalue weighted by Gasteiger charge is -2.17. The molecule has 0 saturated heterocycles. The van der Waals surface area contributed by atoms with Gasteiger partial charge in [-0.2, -0.15) is 0 Å². The fraction of sp³-hybridized carbons (Fsp3) is 0.500. The number of ether oxygens (including phenoxy) is 1. The molecular weight excluding hydrogens is 270 g/mol. The van der Waals surface area contributed by atoms with Crippen molar-refractivity contribution in [2.45, 2.75) is 40.2 Å². The summed E-state index contributed by atoms with van der Waals surface area (Å²) in [4.78, 5) is 22.7. The maximum Gasteiger partial charge on any atom is 0.326 e. The van der Waals surface area contributed by atoms with Crippen LogP contribution in [0.5, 0.6) is 5.75 Å². The highest BCUT2D eigenvalue weighted by molar-refractivity contribution is 5.83. The van der Waals surface area contributed by atoms with E-state index in [-0.39, 0.29) is 24.9 Å². The van der Waals surface area contributed by atoms with Crippen LogP contribution in [0.25, 0.3) is 0 Å². The Labute approximate surface area is 125 Å². The fourth-order valence-electron chi connectivity index (χ4n) is 1.82. The normalized spacial score (nSPS) is 12.0. The minimum Gasteiger partial charge on any atom is -0.493 e. The van der Waals surface area contributed by atoms with Crippen LogP contribution in [0.15, 0.2) is 18.2 Å². The van der Waals surface area contributed by atoms with E-state index in [0.29, 0.717) is 5.75 Å². The number of hydrogen-bond acceptors (Lipinski definition) is 3. The molecule has 1 unspecified atom stereocenters. The van der Waals surface area contributed by atoms with Crippen molar-refractivity contribution in [1.29, 1.82) is 0 Å². The maximum atomic E-state index is 11.7. The second-order valence-electron chi connectivity index (χ2n) is 5.47. The largest absolute Gasteiger partial charge is 0.493 e. The van der Waals surface area contributed by atoms with Crippen LogP contribution in [-0.4, -0.2) is 29.6 Å². The summed E-state index contributed by atoms with van der Waals surface area (Å²) in [6.45, 7) is 7.74. The maximum absolute atomic E-state index is 11.7. The molecule has 2 N–H and O–H groups in total. The number of carbonyl (C=O) groups excluding carboxylic acids is 1. The Hall–Kier alpha value is -2.04. The van der Waals surface area contributed by atoms with E-state index in [1.54, 1.807) is 13.8 Å². The molecule has 0 fully saturated rings. The Kier molecular flexibility index (Phi) is 6.21. The molecule has 0 aromatic heterocycles. The van der Waals surface area contributed by atoms with Gasteiger partial charge in [0.25, 0.3) is 0 Å². The molecule has 0 spiro atoms. The van der Waals surface area contributed by atoms with Crippen molar-refractivity contribution < 1.29 is 19.4 Å². The third-order valence-corrected chi connectivity index (χ3v) is 3.33. The van der Waals surface area contributed by atoms with E-state index in [2.05, 4.69) is 5.32 Å². The van der Waals surface area contributed by atoms with Gasteiger partial charge in [-0.1, -0.05) is 19.9 Å². The van der Waals surface area contributed by atoms with Gasteiger partial charge in [-0.05, 0) is 43.0 Å². The quantitative estimate of drug-likeness (QED) is 0.809. The van der Waals surface area contributed by atoms with Gasteiger partial charge in [0.05, 0.1) is 13.0 Å². The first kappa shape index (κ1) is 17.0. The van der Waals surface area contributed by atoms with Crippen molar-refractivity contribution in [3.63, 3.8) is 0 Å². The minimum atomic E-state index is -1.02. The molecule has 1 aromatic rings.